The lowest BCUT2D eigenvalue weighted by Gasteiger charge is -2.24. The van der Waals surface area contributed by atoms with Crippen LogP contribution in [0.2, 0.25) is 0 Å². The number of aliphatic imine (C=N–C) groups is 1. The Morgan fingerprint density at radius 3 is 1.84 bits per heavy atom. The van der Waals surface area contributed by atoms with Gasteiger partial charge in [-0.2, -0.15) is 0 Å². The first kappa shape index (κ1) is 33.8. The Labute approximate surface area is 261 Å². The summed E-state index contributed by atoms with van der Waals surface area (Å²) in [6.45, 7) is 0.234. The molecule has 13 heteroatoms. The van der Waals surface area contributed by atoms with Gasteiger partial charge in [-0.1, -0.05) is 72.8 Å². The van der Waals surface area contributed by atoms with Crippen molar-refractivity contribution in [2.75, 3.05) is 11.9 Å². The lowest BCUT2D eigenvalue weighted by Crippen LogP contribution is -2.55. The van der Waals surface area contributed by atoms with Crippen LogP contribution in [0.15, 0.2) is 89.9 Å². The Morgan fingerprint density at radius 2 is 1.27 bits per heavy atom. The summed E-state index contributed by atoms with van der Waals surface area (Å²) in [6, 6.07) is 22.1. The van der Waals surface area contributed by atoms with E-state index in [2.05, 4.69) is 20.9 Å². The van der Waals surface area contributed by atoms with Gasteiger partial charge < -0.3 is 38.9 Å². The van der Waals surface area contributed by atoms with Crippen molar-refractivity contribution in [3.8, 4) is 0 Å². The Kier molecular flexibility index (Phi) is 12.6. The number of anilines is 1. The molecular weight excluding hydrogens is 574 g/mol. The van der Waals surface area contributed by atoms with Gasteiger partial charge in [0.25, 0.3) is 0 Å². The molecule has 3 rings (SSSR count). The van der Waals surface area contributed by atoms with E-state index in [1.54, 1.807) is 78.9 Å². The van der Waals surface area contributed by atoms with Crippen LogP contribution in [0.5, 0.6) is 0 Å². The van der Waals surface area contributed by atoms with E-state index >= 15 is 0 Å². The van der Waals surface area contributed by atoms with Crippen LogP contribution in [0.3, 0.4) is 0 Å². The summed E-state index contributed by atoms with van der Waals surface area (Å²) in [6.07, 6.45) is 0.614. The highest BCUT2D eigenvalue weighted by molar-refractivity contribution is 6.07. The van der Waals surface area contributed by atoms with Gasteiger partial charge in [-0.05, 0) is 42.5 Å². The van der Waals surface area contributed by atoms with Crippen LogP contribution >= 0.6 is 0 Å². The van der Waals surface area contributed by atoms with Crippen molar-refractivity contribution in [3.05, 3.63) is 102 Å². The zero-order valence-electron chi connectivity index (χ0n) is 24.7. The standard InChI is InChI=1S/C32H39N9O4/c33-27(34)22-15-13-21(14-16-22)18-24(29(43)39-23-10-5-2-6-11-23)30(44)41-26(19-20-8-3-1-4-9-20)31(45)40-25(28(35)42)12-7-17-38-32(36)37/h1-6,8-11,13-16,24-26H,7,12,17-19H2,(H3,33,34)(H2,35,42)(H,39,43)(H,40,45)(H,41,44)(H4,36,37,38)/t24?,25-,26?/m0/s1. The van der Waals surface area contributed by atoms with Gasteiger partial charge in [0.2, 0.25) is 23.6 Å². The molecule has 0 radical (unpaired) electrons. The Hall–Kier alpha value is -5.72. The zero-order chi connectivity index (χ0) is 32.8. The van der Waals surface area contributed by atoms with Gasteiger partial charge in [-0.3, -0.25) is 29.6 Å². The van der Waals surface area contributed by atoms with Crippen molar-refractivity contribution >= 4 is 41.1 Å². The highest BCUT2D eigenvalue weighted by Gasteiger charge is 2.32. The fourth-order valence-corrected chi connectivity index (χ4v) is 4.50. The van der Waals surface area contributed by atoms with Gasteiger partial charge in [-0.25, -0.2) is 0 Å². The third-order valence-corrected chi connectivity index (χ3v) is 6.90. The molecule has 0 aliphatic heterocycles. The summed E-state index contributed by atoms with van der Waals surface area (Å²) in [5.74, 6) is -4.14. The first-order chi connectivity index (χ1) is 21.5. The van der Waals surface area contributed by atoms with Crippen molar-refractivity contribution in [2.24, 2.45) is 33.8 Å². The molecule has 0 saturated heterocycles. The van der Waals surface area contributed by atoms with E-state index in [0.717, 1.165) is 5.56 Å². The van der Waals surface area contributed by atoms with E-state index in [1.807, 2.05) is 6.07 Å². The van der Waals surface area contributed by atoms with E-state index in [1.165, 1.54) is 0 Å². The number of nitrogens with zero attached hydrogens (tertiary/aromatic N) is 1. The van der Waals surface area contributed by atoms with Crippen LogP contribution < -0.4 is 38.9 Å². The molecule has 3 aromatic rings. The van der Waals surface area contributed by atoms with Gasteiger partial charge in [0.15, 0.2) is 5.96 Å². The first-order valence-electron chi connectivity index (χ1n) is 14.3. The number of amides is 4. The van der Waals surface area contributed by atoms with Gasteiger partial charge in [0.1, 0.15) is 23.8 Å². The summed E-state index contributed by atoms with van der Waals surface area (Å²) in [5, 5.41) is 15.8. The number of nitrogens with two attached hydrogens (primary N) is 4. The number of para-hydroxylation sites is 1. The summed E-state index contributed by atoms with van der Waals surface area (Å²) in [7, 11) is 0. The summed E-state index contributed by atoms with van der Waals surface area (Å²) in [5.41, 5.74) is 24.2. The zero-order valence-corrected chi connectivity index (χ0v) is 24.7. The molecule has 0 saturated carbocycles. The number of nitrogens with one attached hydrogen (secondary N) is 4. The normalized spacial score (nSPS) is 12.5. The number of hydrogen-bond donors (Lipinski definition) is 8. The number of primary amides is 1. The summed E-state index contributed by atoms with van der Waals surface area (Å²) < 4.78 is 0. The van der Waals surface area contributed by atoms with E-state index in [0.29, 0.717) is 23.2 Å². The average Bonchev–Trinajstić information content (AvgIpc) is 3.01. The van der Waals surface area contributed by atoms with Crippen LogP contribution in [-0.4, -0.2) is 54.1 Å². The van der Waals surface area contributed by atoms with Gasteiger partial charge >= 0.3 is 0 Å². The topological polar surface area (TPSA) is 245 Å². The third kappa shape index (κ3) is 11.1. The number of nitrogen functional groups attached to an aromatic ring is 1. The van der Waals surface area contributed by atoms with Crippen molar-refractivity contribution in [1.82, 2.24) is 10.6 Å². The molecule has 45 heavy (non-hydrogen) atoms. The Balaban J connectivity index is 1.86. The molecule has 0 aromatic heterocycles. The molecule has 13 nitrogen and oxygen atoms in total. The molecule has 0 aliphatic carbocycles. The maximum Gasteiger partial charge on any atom is 0.243 e. The van der Waals surface area contributed by atoms with Gasteiger partial charge in [0.05, 0.1) is 0 Å². The highest BCUT2D eigenvalue weighted by atomic mass is 16.2. The molecule has 3 atom stereocenters. The molecule has 0 aliphatic rings. The fourth-order valence-electron chi connectivity index (χ4n) is 4.50. The largest absolute Gasteiger partial charge is 0.384 e. The number of guanidine groups is 1. The van der Waals surface area contributed by atoms with Crippen LogP contribution in [-0.2, 0) is 32.0 Å². The minimum atomic E-state index is -1.24. The molecule has 0 bridgehead atoms. The van der Waals surface area contributed by atoms with Gasteiger partial charge in [-0.15, -0.1) is 0 Å². The second kappa shape index (κ2) is 16.8. The van der Waals surface area contributed by atoms with Crippen molar-refractivity contribution in [3.63, 3.8) is 0 Å². The predicted octanol–water partition coefficient (Wildman–Crippen LogP) is 0.519. The number of hydrogen-bond acceptors (Lipinski definition) is 6. The van der Waals surface area contributed by atoms with E-state index in [9.17, 15) is 19.2 Å². The summed E-state index contributed by atoms with van der Waals surface area (Å²) >= 11 is 0. The highest BCUT2D eigenvalue weighted by Crippen LogP contribution is 2.16. The van der Waals surface area contributed by atoms with Crippen LogP contribution in [0.1, 0.15) is 29.5 Å². The molecule has 0 fully saturated rings. The van der Waals surface area contributed by atoms with Crippen LogP contribution in [0.25, 0.3) is 0 Å². The molecule has 3 aromatic carbocycles. The number of carbonyl (C=O) groups is 4. The minimum Gasteiger partial charge on any atom is -0.384 e. The molecule has 0 spiro atoms. The molecule has 0 heterocycles. The second-order valence-electron chi connectivity index (χ2n) is 10.4. The number of rotatable bonds is 16. The molecule has 4 amide bonds. The maximum absolute atomic E-state index is 13.8. The summed E-state index contributed by atoms with van der Waals surface area (Å²) in [4.78, 5) is 56.9. The third-order valence-electron chi connectivity index (χ3n) is 6.90. The minimum absolute atomic E-state index is 0.00291. The maximum atomic E-state index is 13.8. The van der Waals surface area contributed by atoms with E-state index < -0.39 is 41.6 Å². The number of benzene rings is 3. The Morgan fingerprint density at radius 1 is 0.689 bits per heavy atom. The second-order valence-corrected chi connectivity index (χ2v) is 10.4. The SMILES string of the molecule is N=C(N)c1ccc(CC(C(=O)Nc2ccccc2)C(=O)NC(Cc2ccccc2)C(=O)N[C@@H](CCCN=C(N)N)C(N)=O)cc1. The average molecular weight is 614 g/mol. The fraction of sp³-hybridized carbons (Fsp3) is 0.250. The Bertz CT molecular complexity index is 1490. The van der Waals surface area contributed by atoms with E-state index in [-0.39, 0.29) is 37.6 Å². The molecule has 236 valence electrons. The molecular formula is C32H39N9O4. The molecule has 2 unspecified atom stereocenters. The van der Waals surface area contributed by atoms with Crippen LogP contribution in [0, 0.1) is 11.3 Å². The predicted molar refractivity (Wildman–Crippen MR) is 173 cm³/mol. The van der Waals surface area contributed by atoms with Crippen molar-refractivity contribution < 1.29 is 19.2 Å². The first-order valence-corrected chi connectivity index (χ1v) is 14.3. The van der Waals surface area contributed by atoms with E-state index in [4.69, 9.17) is 28.3 Å². The molecule has 12 N–H and O–H groups in total. The smallest absolute Gasteiger partial charge is 0.243 e. The van der Waals surface area contributed by atoms with Crippen molar-refractivity contribution in [2.45, 2.75) is 37.8 Å². The lowest BCUT2D eigenvalue weighted by atomic mass is 9.95. The van der Waals surface area contributed by atoms with Crippen molar-refractivity contribution in [1.29, 1.82) is 5.41 Å². The number of carbonyl (C=O) groups excluding carboxylic acids is 4. The van der Waals surface area contributed by atoms with Gasteiger partial charge in [0, 0.05) is 24.2 Å². The lowest BCUT2D eigenvalue weighted by molar-refractivity contribution is -0.136. The van der Waals surface area contributed by atoms with Crippen LogP contribution in [0.4, 0.5) is 5.69 Å². The monoisotopic (exact) mass is 613 g/mol. The quantitative estimate of drug-likeness (QED) is 0.0492. The number of amidine groups is 1.